The van der Waals surface area contributed by atoms with Crippen LogP contribution >= 0.6 is 0 Å². The fourth-order valence-corrected chi connectivity index (χ4v) is 7.45. The zero-order valence-corrected chi connectivity index (χ0v) is 42.8. The number of hydrogen-bond acceptors (Lipinski definition) is 11. The van der Waals surface area contributed by atoms with Gasteiger partial charge in [-0.1, -0.05) is 189 Å². The lowest BCUT2D eigenvalue weighted by molar-refractivity contribution is -0.301. The van der Waals surface area contributed by atoms with Crippen LogP contribution in [0.2, 0.25) is 0 Å². The summed E-state index contributed by atoms with van der Waals surface area (Å²) in [4.78, 5) is 50.8. The Morgan fingerprint density at radius 1 is 0.493 bits per heavy atom. The quantitative estimate of drug-likeness (QED) is 0.0229. The summed E-state index contributed by atoms with van der Waals surface area (Å²) in [5, 5.41) is 31.3. The molecule has 1 rings (SSSR count). The number of hydrogen-bond donors (Lipinski definition) is 3. The molecule has 0 aromatic rings. The molecule has 0 aromatic heterocycles. The molecule has 12 nitrogen and oxygen atoms in total. The number of aliphatic hydroxyl groups excluding tert-OH is 2. The molecule has 0 aliphatic carbocycles. The summed E-state index contributed by atoms with van der Waals surface area (Å²) >= 11 is 0. The van der Waals surface area contributed by atoms with Crippen molar-refractivity contribution in [1.29, 1.82) is 0 Å². The largest absolute Gasteiger partial charge is 0.479 e. The highest BCUT2D eigenvalue weighted by Crippen LogP contribution is 2.26. The number of carbonyl (C=O) groups is 4. The third kappa shape index (κ3) is 35.6. The Labute approximate surface area is 416 Å². The number of unbranched alkanes of at least 4 members (excludes halogenated alkanes) is 15. The lowest BCUT2D eigenvalue weighted by Crippen LogP contribution is -2.61. The maximum Gasteiger partial charge on any atom is 0.335 e. The van der Waals surface area contributed by atoms with Crippen LogP contribution in [0, 0.1) is 0 Å². The molecule has 392 valence electrons. The van der Waals surface area contributed by atoms with Crippen LogP contribution in [0.5, 0.6) is 0 Å². The van der Waals surface area contributed by atoms with Crippen molar-refractivity contribution in [2.24, 2.45) is 0 Å². The molecule has 12 heteroatoms. The normalized spacial score (nSPS) is 19.3. The van der Waals surface area contributed by atoms with E-state index in [-0.39, 0.29) is 25.9 Å². The van der Waals surface area contributed by atoms with E-state index in [0.717, 1.165) is 83.5 Å². The lowest BCUT2D eigenvalue weighted by atomic mass is 9.98. The average molecular weight is 969 g/mol. The van der Waals surface area contributed by atoms with Crippen molar-refractivity contribution >= 4 is 23.9 Å². The molecule has 0 aromatic carbocycles. The summed E-state index contributed by atoms with van der Waals surface area (Å²) in [7, 11) is 0. The molecule has 0 bridgehead atoms. The van der Waals surface area contributed by atoms with Crippen molar-refractivity contribution in [2.75, 3.05) is 13.2 Å². The van der Waals surface area contributed by atoms with E-state index >= 15 is 0 Å². The molecule has 1 aliphatic heterocycles. The summed E-state index contributed by atoms with van der Waals surface area (Å²) in [6.45, 7) is 5.65. The van der Waals surface area contributed by atoms with Gasteiger partial charge in [-0.3, -0.25) is 14.4 Å². The van der Waals surface area contributed by atoms with E-state index in [4.69, 9.17) is 23.7 Å². The second-order valence-corrected chi connectivity index (χ2v) is 17.8. The Bertz CT molecular complexity index is 1530. The van der Waals surface area contributed by atoms with Crippen LogP contribution < -0.4 is 0 Å². The number of rotatable bonds is 43. The number of carboxylic acid groups (broad SMARTS) is 1. The monoisotopic (exact) mass is 969 g/mol. The first kappa shape index (κ1) is 62.9. The molecule has 0 radical (unpaired) electrons. The second-order valence-electron chi connectivity index (χ2n) is 17.8. The van der Waals surface area contributed by atoms with Gasteiger partial charge < -0.3 is 39.0 Å². The highest BCUT2D eigenvalue weighted by atomic mass is 16.7. The molecular weight excluding hydrogens is 877 g/mol. The van der Waals surface area contributed by atoms with Crippen LogP contribution in [-0.2, 0) is 42.9 Å². The molecule has 69 heavy (non-hydrogen) atoms. The summed E-state index contributed by atoms with van der Waals surface area (Å²) in [5.41, 5.74) is 0. The summed E-state index contributed by atoms with van der Waals surface area (Å²) in [5.74, 6) is -3.27. The average Bonchev–Trinajstić information content (AvgIpc) is 3.33. The molecule has 6 unspecified atom stereocenters. The Kier molecular flexibility index (Phi) is 41.1. The van der Waals surface area contributed by atoms with Crippen molar-refractivity contribution < 1.29 is 58.2 Å². The van der Waals surface area contributed by atoms with Gasteiger partial charge >= 0.3 is 23.9 Å². The molecule has 0 amide bonds. The van der Waals surface area contributed by atoms with Crippen LogP contribution in [0.15, 0.2) is 85.1 Å². The molecule has 1 heterocycles. The van der Waals surface area contributed by atoms with E-state index in [1.807, 2.05) is 12.2 Å². The van der Waals surface area contributed by atoms with Crippen molar-refractivity contribution in [1.82, 2.24) is 0 Å². The third-order valence-corrected chi connectivity index (χ3v) is 11.5. The van der Waals surface area contributed by atoms with E-state index in [0.29, 0.717) is 19.3 Å². The SMILES string of the molecule is CC/C=C\C/C=C\C/C=C\C/C=C\CCC(=O)OCC(COC1OC(C(=O)O)C(O)C(O)C1OC(=O)CCCCC/C=C\C/C=C\C/C=C\CC)OC(=O)CCCCCCCCCCCCCCC. The molecule has 1 fully saturated rings. The standard InChI is InChI=1S/C57H92O12/c1-4-7-10-13-16-19-22-25-28-31-34-37-40-43-49(58)65-46-48(67-50(59)44-41-38-35-32-29-26-23-20-17-14-11-8-5-2)47-66-57-55(53(62)52(61)54(69-57)56(63)64)68-51(60)45-42-39-36-33-30-27-24-21-18-15-12-9-6-3/h7,9-10,12,16,18-19,21,25,27-28,30,34,37,48,52-55,57,61-62H,4-6,8,11,13-15,17,20,22-24,26,29,31-33,35-36,38-47H2,1-3H3,(H,63,64)/b10-7-,12-9-,19-16-,21-18-,28-25-,30-27-,37-34-. The topological polar surface area (TPSA) is 175 Å². The summed E-state index contributed by atoms with van der Waals surface area (Å²) in [6, 6.07) is 0. The van der Waals surface area contributed by atoms with Crippen LogP contribution in [0.3, 0.4) is 0 Å². The first-order valence-corrected chi connectivity index (χ1v) is 26.6. The van der Waals surface area contributed by atoms with Crippen molar-refractivity contribution in [2.45, 2.75) is 237 Å². The minimum atomic E-state index is -1.92. The maximum atomic E-state index is 13.1. The van der Waals surface area contributed by atoms with E-state index in [9.17, 15) is 34.5 Å². The number of ether oxygens (including phenoxy) is 5. The third-order valence-electron chi connectivity index (χ3n) is 11.5. The Morgan fingerprint density at radius 2 is 0.942 bits per heavy atom. The van der Waals surface area contributed by atoms with E-state index in [1.165, 1.54) is 57.8 Å². The Hall–Kier alpha value is -4.10. The predicted octanol–water partition coefficient (Wildman–Crippen LogP) is 12.8. The smallest absolute Gasteiger partial charge is 0.335 e. The van der Waals surface area contributed by atoms with Gasteiger partial charge in [0.2, 0.25) is 0 Å². The second kappa shape index (κ2) is 45.1. The number of aliphatic carboxylic acids is 1. The van der Waals surface area contributed by atoms with Gasteiger partial charge in [0, 0.05) is 19.3 Å². The zero-order valence-electron chi connectivity index (χ0n) is 42.8. The summed E-state index contributed by atoms with van der Waals surface area (Å²) < 4.78 is 28.2. The Morgan fingerprint density at radius 3 is 1.45 bits per heavy atom. The number of allylic oxidation sites excluding steroid dienone is 14. The van der Waals surface area contributed by atoms with Gasteiger partial charge in [-0.15, -0.1) is 0 Å². The first-order chi connectivity index (χ1) is 33.6. The Balaban J connectivity index is 2.79. The molecule has 0 spiro atoms. The lowest BCUT2D eigenvalue weighted by Gasteiger charge is -2.40. The van der Waals surface area contributed by atoms with Crippen LogP contribution in [-0.4, -0.2) is 89.2 Å². The minimum Gasteiger partial charge on any atom is -0.479 e. The van der Waals surface area contributed by atoms with Gasteiger partial charge in [-0.2, -0.15) is 0 Å². The molecule has 1 aliphatic rings. The number of esters is 3. The van der Waals surface area contributed by atoms with Gasteiger partial charge in [-0.25, -0.2) is 4.79 Å². The highest BCUT2D eigenvalue weighted by molar-refractivity contribution is 5.74. The highest BCUT2D eigenvalue weighted by Gasteiger charge is 2.50. The summed E-state index contributed by atoms with van der Waals surface area (Å²) in [6.07, 6.45) is 44.5. The molecular formula is C57H92O12. The fraction of sp³-hybridized carbons (Fsp3) is 0.684. The first-order valence-electron chi connectivity index (χ1n) is 26.6. The van der Waals surface area contributed by atoms with Crippen molar-refractivity contribution in [3.63, 3.8) is 0 Å². The van der Waals surface area contributed by atoms with Gasteiger partial charge in [0.25, 0.3) is 0 Å². The molecule has 6 atom stereocenters. The van der Waals surface area contributed by atoms with E-state index < -0.39 is 67.3 Å². The maximum absolute atomic E-state index is 13.1. The molecule has 0 saturated carbocycles. The number of aliphatic hydroxyl groups is 2. The number of carboxylic acids is 1. The molecule has 3 N–H and O–H groups in total. The van der Waals surface area contributed by atoms with Gasteiger partial charge in [0.1, 0.15) is 18.8 Å². The minimum absolute atomic E-state index is 0.0163. The predicted molar refractivity (Wildman–Crippen MR) is 275 cm³/mol. The van der Waals surface area contributed by atoms with Crippen LogP contribution in [0.1, 0.15) is 201 Å². The molecule has 1 saturated heterocycles. The van der Waals surface area contributed by atoms with Gasteiger partial charge in [-0.05, 0) is 77.0 Å². The number of carbonyl (C=O) groups excluding carboxylic acids is 3. The zero-order chi connectivity index (χ0) is 50.4. The van der Waals surface area contributed by atoms with Crippen molar-refractivity contribution in [3.8, 4) is 0 Å². The van der Waals surface area contributed by atoms with Crippen LogP contribution in [0.25, 0.3) is 0 Å². The van der Waals surface area contributed by atoms with Gasteiger partial charge in [0.05, 0.1) is 6.61 Å². The van der Waals surface area contributed by atoms with Crippen LogP contribution in [0.4, 0.5) is 0 Å². The van der Waals surface area contributed by atoms with Gasteiger partial charge in [0.15, 0.2) is 24.6 Å². The van der Waals surface area contributed by atoms with E-state index in [2.05, 4.69) is 93.7 Å². The van der Waals surface area contributed by atoms with E-state index in [1.54, 1.807) is 0 Å². The van der Waals surface area contributed by atoms with Crippen molar-refractivity contribution in [3.05, 3.63) is 85.1 Å². The fourth-order valence-electron chi connectivity index (χ4n) is 7.45.